The van der Waals surface area contributed by atoms with Gasteiger partial charge in [-0.05, 0) is 36.5 Å². The van der Waals surface area contributed by atoms with E-state index >= 15 is 0 Å². The molecule has 158 valence electrons. The minimum absolute atomic E-state index is 0.0445. The van der Waals surface area contributed by atoms with Crippen molar-refractivity contribution in [3.05, 3.63) is 70.7 Å². The number of thiazole rings is 1. The van der Waals surface area contributed by atoms with Gasteiger partial charge in [0.15, 0.2) is 5.13 Å². The Hall–Kier alpha value is -2.68. The third-order valence-corrected chi connectivity index (χ3v) is 6.30. The van der Waals surface area contributed by atoms with E-state index in [1.807, 2.05) is 48.5 Å². The number of rotatable bonds is 7. The van der Waals surface area contributed by atoms with Crippen molar-refractivity contribution in [3.63, 3.8) is 0 Å². The van der Waals surface area contributed by atoms with Crippen molar-refractivity contribution in [1.29, 1.82) is 0 Å². The maximum absolute atomic E-state index is 12.2. The van der Waals surface area contributed by atoms with E-state index in [1.165, 1.54) is 11.3 Å². The minimum Gasteiger partial charge on any atom is -0.387 e. The van der Waals surface area contributed by atoms with Gasteiger partial charge in [-0.2, -0.15) is 0 Å². The molecule has 1 saturated heterocycles. The number of carbonyl (C=O) groups excluding carboxylic acids is 1. The van der Waals surface area contributed by atoms with Gasteiger partial charge in [0, 0.05) is 23.2 Å². The summed E-state index contributed by atoms with van der Waals surface area (Å²) in [5.41, 5.74) is 9.40. The second-order valence-electron chi connectivity index (χ2n) is 7.93. The van der Waals surface area contributed by atoms with Crippen LogP contribution in [0.4, 0.5) is 10.8 Å². The van der Waals surface area contributed by atoms with Crippen LogP contribution < -0.4 is 21.8 Å². The molecule has 31 heavy (non-hydrogen) atoms. The molecule has 1 amide bonds. The number of hydrogen-bond acceptors (Lipinski definition) is 6. The van der Waals surface area contributed by atoms with E-state index in [0.29, 0.717) is 22.0 Å². The van der Waals surface area contributed by atoms with Crippen LogP contribution in [0.3, 0.4) is 0 Å². The molecular formula is C23H25BN4O2S. The number of aliphatic hydroxyl groups is 1. The van der Waals surface area contributed by atoms with E-state index in [2.05, 4.69) is 15.6 Å². The van der Waals surface area contributed by atoms with Crippen LogP contribution in [0.15, 0.2) is 53.9 Å². The molecule has 0 unspecified atom stereocenters. The number of nitrogens with two attached hydrogens (primary N) is 1. The number of carbonyl (C=O) groups is 1. The average Bonchev–Trinajstić information content (AvgIpc) is 3.39. The molecule has 3 aromatic rings. The lowest BCUT2D eigenvalue weighted by molar-refractivity contribution is -0.115. The first-order valence-electron chi connectivity index (χ1n) is 10.3. The van der Waals surface area contributed by atoms with Crippen LogP contribution in [-0.2, 0) is 17.6 Å². The number of hydrogen-bond donors (Lipinski definition) is 4. The molecule has 1 aromatic heterocycles. The second kappa shape index (κ2) is 9.64. The average molecular weight is 432 g/mol. The maximum atomic E-state index is 12.2. The molecule has 1 aliphatic heterocycles. The first kappa shape index (κ1) is 21.6. The second-order valence-corrected chi connectivity index (χ2v) is 8.82. The monoisotopic (exact) mass is 432 g/mol. The fourth-order valence-corrected chi connectivity index (χ4v) is 4.61. The van der Waals surface area contributed by atoms with E-state index in [4.69, 9.17) is 13.6 Å². The van der Waals surface area contributed by atoms with Crippen molar-refractivity contribution in [3.8, 4) is 0 Å². The van der Waals surface area contributed by atoms with E-state index in [1.54, 1.807) is 5.38 Å². The van der Waals surface area contributed by atoms with Crippen LogP contribution in [0.5, 0.6) is 0 Å². The first-order chi connectivity index (χ1) is 15.0. The summed E-state index contributed by atoms with van der Waals surface area (Å²) in [6, 6.07) is 15.8. The van der Waals surface area contributed by atoms with Gasteiger partial charge in [0.25, 0.3) is 0 Å². The Morgan fingerprint density at radius 1 is 1.29 bits per heavy atom. The van der Waals surface area contributed by atoms with Crippen LogP contribution >= 0.6 is 11.3 Å². The number of aliphatic hydroxyl groups excluding tert-OH is 1. The number of amides is 1. The highest BCUT2D eigenvalue weighted by Gasteiger charge is 2.29. The predicted molar refractivity (Wildman–Crippen MR) is 126 cm³/mol. The third kappa shape index (κ3) is 5.52. The van der Waals surface area contributed by atoms with Gasteiger partial charge in [-0.25, -0.2) is 4.98 Å². The number of nitrogen functional groups attached to an aromatic ring is 1. The molecule has 1 aliphatic rings. The smallest absolute Gasteiger partial charge is 0.230 e. The van der Waals surface area contributed by atoms with Gasteiger partial charge in [-0.15, -0.1) is 11.3 Å². The highest BCUT2D eigenvalue weighted by Crippen LogP contribution is 2.26. The Bertz CT molecular complexity index is 1040. The highest BCUT2D eigenvalue weighted by molar-refractivity contribution is 7.13. The number of benzene rings is 2. The Balaban J connectivity index is 1.31. The Labute approximate surface area is 187 Å². The van der Waals surface area contributed by atoms with Gasteiger partial charge >= 0.3 is 0 Å². The molecule has 2 aromatic carbocycles. The summed E-state index contributed by atoms with van der Waals surface area (Å²) < 4.78 is 0. The van der Waals surface area contributed by atoms with E-state index in [9.17, 15) is 9.90 Å². The van der Waals surface area contributed by atoms with Crippen LogP contribution in [0.1, 0.15) is 35.8 Å². The van der Waals surface area contributed by atoms with Crippen molar-refractivity contribution < 1.29 is 9.90 Å². The Morgan fingerprint density at radius 2 is 2.10 bits per heavy atom. The number of aromatic nitrogens is 1. The molecule has 2 heterocycles. The molecule has 1 fully saturated rings. The van der Waals surface area contributed by atoms with Crippen molar-refractivity contribution in [2.45, 2.75) is 43.9 Å². The fraction of sp³-hybridized carbons (Fsp3) is 0.304. The largest absolute Gasteiger partial charge is 0.387 e. The molecule has 2 radical (unpaired) electrons. The molecule has 8 heteroatoms. The summed E-state index contributed by atoms with van der Waals surface area (Å²) in [5.74, 6) is -0.181. The van der Waals surface area contributed by atoms with Crippen molar-refractivity contribution >= 4 is 41.4 Å². The van der Waals surface area contributed by atoms with Gasteiger partial charge in [-0.3, -0.25) is 4.79 Å². The van der Waals surface area contributed by atoms with Gasteiger partial charge < -0.3 is 21.5 Å². The van der Waals surface area contributed by atoms with Gasteiger partial charge in [-0.1, -0.05) is 47.9 Å². The summed E-state index contributed by atoms with van der Waals surface area (Å²) in [4.78, 5) is 16.4. The lowest BCUT2D eigenvalue weighted by atomic mass is 9.90. The fourth-order valence-electron chi connectivity index (χ4n) is 4.04. The molecule has 0 saturated carbocycles. The lowest BCUT2D eigenvalue weighted by Gasteiger charge is -2.20. The number of anilines is 2. The van der Waals surface area contributed by atoms with Crippen LogP contribution in [0.25, 0.3) is 0 Å². The summed E-state index contributed by atoms with van der Waals surface area (Å²) in [5, 5.41) is 19.3. The molecule has 5 N–H and O–H groups in total. The quantitative estimate of drug-likeness (QED) is 0.429. The van der Waals surface area contributed by atoms with Crippen LogP contribution in [-0.4, -0.2) is 35.9 Å². The predicted octanol–water partition coefficient (Wildman–Crippen LogP) is 2.10. The lowest BCUT2D eigenvalue weighted by Crippen LogP contribution is -2.35. The van der Waals surface area contributed by atoms with E-state index in [-0.39, 0.29) is 24.4 Å². The standard InChI is InChI=1S/C23H25BN4O2S/c24-18-11-14(6-8-19(18)28-21(29)12-17-13-31-23(25)27-17)10-16-7-9-20(26-16)22(30)15-4-2-1-3-5-15/h1-6,8,11,13,16,20,22,26,30H,7,9-10,12H2,(H2,25,27)(H,28,29)/t16-,20-,22-/m1/s1. The Morgan fingerprint density at radius 3 is 2.81 bits per heavy atom. The van der Waals surface area contributed by atoms with Gasteiger partial charge in [0.2, 0.25) is 5.91 Å². The maximum Gasteiger partial charge on any atom is 0.230 e. The van der Waals surface area contributed by atoms with Crippen molar-refractivity contribution in [2.24, 2.45) is 0 Å². The third-order valence-electron chi connectivity index (χ3n) is 5.58. The van der Waals surface area contributed by atoms with Crippen molar-refractivity contribution in [2.75, 3.05) is 11.1 Å². The van der Waals surface area contributed by atoms with Crippen LogP contribution in [0, 0.1) is 0 Å². The minimum atomic E-state index is -0.512. The normalized spacial score (nSPS) is 19.3. The molecule has 0 spiro atoms. The summed E-state index contributed by atoms with van der Waals surface area (Å²) >= 11 is 1.31. The Kier molecular flexibility index (Phi) is 6.70. The van der Waals surface area contributed by atoms with Gasteiger partial charge in [0.05, 0.1) is 18.2 Å². The molecule has 4 rings (SSSR count). The zero-order valence-electron chi connectivity index (χ0n) is 17.1. The molecule has 0 bridgehead atoms. The van der Waals surface area contributed by atoms with E-state index < -0.39 is 6.10 Å². The number of nitrogens with zero attached hydrogens (tertiary/aromatic N) is 1. The summed E-state index contributed by atoms with van der Waals surface area (Å²) in [7, 11) is 6.18. The molecule has 3 atom stereocenters. The van der Waals surface area contributed by atoms with Crippen LogP contribution in [0.2, 0.25) is 0 Å². The SMILES string of the molecule is [B]c1cc(C[C@H]2CC[C@H]([C@H](O)c3ccccc3)N2)ccc1NC(=O)Cc1csc(N)n1. The van der Waals surface area contributed by atoms with Crippen molar-refractivity contribution in [1.82, 2.24) is 10.3 Å². The summed E-state index contributed by atoms with van der Waals surface area (Å²) in [6.07, 6.45) is 2.37. The van der Waals surface area contributed by atoms with E-state index in [0.717, 1.165) is 30.4 Å². The summed E-state index contributed by atoms with van der Waals surface area (Å²) in [6.45, 7) is 0. The zero-order valence-corrected chi connectivity index (χ0v) is 17.9. The number of nitrogens with one attached hydrogen (secondary N) is 2. The highest BCUT2D eigenvalue weighted by atomic mass is 32.1. The molecular weight excluding hydrogens is 407 g/mol. The van der Waals surface area contributed by atoms with Gasteiger partial charge in [0.1, 0.15) is 7.85 Å². The first-order valence-corrected chi connectivity index (χ1v) is 11.2. The molecule has 0 aliphatic carbocycles. The topological polar surface area (TPSA) is 100 Å². The zero-order chi connectivity index (χ0) is 21.8. The molecule has 6 nitrogen and oxygen atoms in total.